The molecule has 0 aliphatic heterocycles. The molecule has 0 nitrogen and oxygen atoms in total. The van der Waals surface area contributed by atoms with Gasteiger partial charge in [0.25, 0.3) is 0 Å². The molecule has 17 heavy (non-hydrogen) atoms. The van der Waals surface area contributed by atoms with E-state index in [-0.39, 0.29) is 0 Å². The molecule has 6 atom stereocenters. The molecule has 1 heteroatoms. The Hall–Kier alpha value is -0.0431. The van der Waals surface area contributed by atoms with Gasteiger partial charge in [0.2, 0.25) is 0 Å². The van der Waals surface area contributed by atoms with Crippen molar-refractivity contribution < 1.29 is 0 Å². The summed E-state index contributed by atoms with van der Waals surface area (Å²) in [5, 5.41) is 0. The summed E-state index contributed by atoms with van der Waals surface area (Å²) < 4.78 is 0. The molecule has 0 N–H and O–H groups in total. The second-order valence-electron chi connectivity index (χ2n) is 8.42. The lowest BCUT2D eigenvalue weighted by Crippen LogP contribution is -2.30. The Morgan fingerprint density at radius 3 is 2.35 bits per heavy atom. The molecule has 0 aromatic carbocycles. The Bertz CT molecular complexity index is 377. The summed E-state index contributed by atoms with van der Waals surface area (Å²) in [6.45, 7) is 7.75. The summed E-state index contributed by atoms with van der Waals surface area (Å²) in [5.41, 5.74) is 0.810. The molecule has 0 spiro atoms. The molecule has 0 bridgehead atoms. The van der Waals surface area contributed by atoms with Crippen LogP contribution in [0.1, 0.15) is 25.7 Å². The van der Waals surface area contributed by atoms with Crippen molar-refractivity contribution in [3.63, 3.8) is 0 Å². The molecule has 4 aliphatic rings. The van der Waals surface area contributed by atoms with Gasteiger partial charge in [-0.2, -0.15) is 0 Å². The zero-order valence-corrected chi connectivity index (χ0v) is 12.6. The van der Waals surface area contributed by atoms with Gasteiger partial charge in [0.1, 0.15) is 0 Å². The van der Waals surface area contributed by atoms with E-state index in [0.29, 0.717) is 0 Å². The predicted octanol–water partition coefficient (Wildman–Crippen LogP) is 4.56. The van der Waals surface area contributed by atoms with Crippen molar-refractivity contribution >= 4 is 8.07 Å². The van der Waals surface area contributed by atoms with Crippen molar-refractivity contribution in [3.05, 3.63) is 12.2 Å². The van der Waals surface area contributed by atoms with Crippen molar-refractivity contribution in [2.24, 2.45) is 35.0 Å². The van der Waals surface area contributed by atoms with Gasteiger partial charge >= 0.3 is 0 Å². The molecule has 0 aromatic rings. The van der Waals surface area contributed by atoms with Crippen LogP contribution < -0.4 is 0 Å². The van der Waals surface area contributed by atoms with Crippen LogP contribution in [-0.4, -0.2) is 8.07 Å². The van der Waals surface area contributed by atoms with Gasteiger partial charge in [-0.25, -0.2) is 0 Å². The van der Waals surface area contributed by atoms with Crippen LogP contribution >= 0.6 is 0 Å². The zero-order valence-electron chi connectivity index (χ0n) is 11.6. The van der Waals surface area contributed by atoms with Crippen LogP contribution in [0.4, 0.5) is 0 Å². The minimum atomic E-state index is -0.901. The minimum absolute atomic E-state index is 0.810. The van der Waals surface area contributed by atoms with E-state index >= 15 is 0 Å². The van der Waals surface area contributed by atoms with Gasteiger partial charge in [0.05, 0.1) is 0 Å². The van der Waals surface area contributed by atoms with E-state index < -0.39 is 8.07 Å². The molecule has 3 fully saturated rings. The van der Waals surface area contributed by atoms with Gasteiger partial charge in [0.15, 0.2) is 0 Å². The fourth-order valence-electron chi connectivity index (χ4n) is 6.24. The SMILES string of the molecule is C[Si](C)(C)C[C@@]12C3C=CC1C2C1CCCCC13. The molecule has 0 aromatic heterocycles. The average Bonchev–Trinajstić information content (AvgIpc) is 2.66. The molecular formula is C16H26Si. The topological polar surface area (TPSA) is 0 Å². The lowest BCUT2D eigenvalue weighted by Gasteiger charge is -2.33. The molecule has 0 heterocycles. The van der Waals surface area contributed by atoms with Gasteiger partial charge in [-0.1, -0.05) is 50.7 Å². The van der Waals surface area contributed by atoms with Crippen LogP contribution in [0.3, 0.4) is 0 Å². The second-order valence-corrected chi connectivity index (χ2v) is 13.9. The lowest BCUT2D eigenvalue weighted by molar-refractivity contribution is 0.199. The highest BCUT2D eigenvalue weighted by atomic mass is 28.3. The maximum absolute atomic E-state index is 2.65. The summed E-state index contributed by atoms with van der Waals surface area (Å²) in [4.78, 5) is 0. The van der Waals surface area contributed by atoms with Crippen molar-refractivity contribution in [1.29, 1.82) is 0 Å². The van der Waals surface area contributed by atoms with Crippen LogP contribution in [-0.2, 0) is 0 Å². The van der Waals surface area contributed by atoms with Crippen LogP contribution in [0, 0.1) is 35.0 Å². The van der Waals surface area contributed by atoms with Gasteiger partial charge < -0.3 is 0 Å². The Kier molecular flexibility index (Phi) is 1.97. The fourth-order valence-corrected chi connectivity index (χ4v) is 8.79. The fraction of sp³-hybridized carbons (Fsp3) is 0.875. The minimum Gasteiger partial charge on any atom is -0.0842 e. The summed E-state index contributed by atoms with van der Waals surface area (Å²) in [7, 11) is -0.901. The van der Waals surface area contributed by atoms with Crippen molar-refractivity contribution in [2.75, 3.05) is 0 Å². The highest BCUT2D eigenvalue weighted by molar-refractivity contribution is 6.76. The molecule has 0 radical (unpaired) electrons. The Balaban J connectivity index is 1.67. The molecule has 4 rings (SSSR count). The van der Waals surface area contributed by atoms with E-state index in [1.807, 2.05) is 0 Å². The maximum Gasteiger partial charge on any atom is 0.0448 e. The average molecular weight is 246 g/mol. The van der Waals surface area contributed by atoms with E-state index in [9.17, 15) is 0 Å². The third-order valence-corrected chi connectivity index (χ3v) is 7.97. The predicted molar refractivity (Wildman–Crippen MR) is 75.6 cm³/mol. The lowest BCUT2D eigenvalue weighted by atomic mass is 9.74. The molecule has 0 saturated heterocycles. The van der Waals surface area contributed by atoms with E-state index in [4.69, 9.17) is 0 Å². The Morgan fingerprint density at radius 1 is 1.00 bits per heavy atom. The van der Waals surface area contributed by atoms with Crippen molar-refractivity contribution in [2.45, 2.75) is 51.4 Å². The number of fused-ring (bicyclic) bond motifs is 4. The summed E-state index contributed by atoms with van der Waals surface area (Å²) >= 11 is 0. The van der Waals surface area contributed by atoms with Gasteiger partial charge in [-0.05, 0) is 47.8 Å². The first kappa shape index (κ1) is 10.8. The normalized spacial score (nSPS) is 54.6. The van der Waals surface area contributed by atoms with Gasteiger partial charge in [0, 0.05) is 8.07 Å². The third kappa shape index (κ3) is 1.25. The third-order valence-electron chi connectivity index (χ3n) is 6.30. The highest BCUT2D eigenvalue weighted by Gasteiger charge is 2.77. The van der Waals surface area contributed by atoms with Crippen molar-refractivity contribution in [3.8, 4) is 0 Å². The Labute approximate surface area is 107 Å². The van der Waals surface area contributed by atoms with Crippen LogP contribution in [0.2, 0.25) is 25.7 Å². The maximum atomic E-state index is 2.65. The first-order valence-electron chi connectivity index (χ1n) is 7.72. The monoisotopic (exact) mass is 246 g/mol. The van der Waals surface area contributed by atoms with E-state index in [0.717, 1.165) is 35.0 Å². The molecule has 94 valence electrons. The van der Waals surface area contributed by atoms with Gasteiger partial charge in [-0.3, -0.25) is 0 Å². The summed E-state index contributed by atoms with van der Waals surface area (Å²) in [5.74, 6) is 5.40. The first-order valence-corrected chi connectivity index (χ1v) is 11.4. The standard InChI is InChI=1S/C16H26Si/c1-17(2,3)10-16-13-8-9-14(16)15(16)12-7-5-4-6-11(12)13/h8-9,11-15H,4-7,10H2,1-3H3/t11?,12?,13?,14?,15?,16-/m1/s1. The number of rotatable bonds is 2. The smallest absolute Gasteiger partial charge is 0.0448 e. The zero-order chi connectivity index (χ0) is 11.8. The van der Waals surface area contributed by atoms with E-state index in [1.165, 1.54) is 12.8 Å². The van der Waals surface area contributed by atoms with Crippen LogP contribution in [0.5, 0.6) is 0 Å². The van der Waals surface area contributed by atoms with E-state index in [1.54, 1.807) is 18.9 Å². The van der Waals surface area contributed by atoms with E-state index in [2.05, 4.69) is 31.8 Å². The Morgan fingerprint density at radius 2 is 1.65 bits per heavy atom. The van der Waals surface area contributed by atoms with Crippen molar-refractivity contribution in [1.82, 2.24) is 0 Å². The quantitative estimate of drug-likeness (QED) is 0.495. The highest BCUT2D eigenvalue weighted by Crippen LogP contribution is 2.82. The number of hydrogen-bond donors (Lipinski definition) is 0. The second kappa shape index (κ2) is 3.10. The number of hydrogen-bond acceptors (Lipinski definition) is 0. The van der Waals surface area contributed by atoms with Gasteiger partial charge in [-0.15, -0.1) is 0 Å². The largest absolute Gasteiger partial charge is 0.0842 e. The van der Waals surface area contributed by atoms with Crippen LogP contribution in [0.15, 0.2) is 12.2 Å². The summed E-state index contributed by atoms with van der Waals surface area (Å²) in [6, 6.07) is 1.61. The molecule has 0 amide bonds. The molecule has 5 unspecified atom stereocenters. The number of allylic oxidation sites excluding steroid dienone is 2. The van der Waals surface area contributed by atoms with Crippen LogP contribution in [0.25, 0.3) is 0 Å². The molecular weight excluding hydrogens is 220 g/mol. The first-order chi connectivity index (χ1) is 8.04. The molecule has 4 aliphatic carbocycles. The molecule has 3 saturated carbocycles. The summed E-state index contributed by atoms with van der Waals surface area (Å²) in [6.07, 6.45) is 11.4.